The molecule has 0 radical (unpaired) electrons. The lowest BCUT2D eigenvalue weighted by Gasteiger charge is -2.12. The van der Waals surface area contributed by atoms with Crippen molar-refractivity contribution in [2.75, 3.05) is 10.6 Å². The summed E-state index contributed by atoms with van der Waals surface area (Å²) < 4.78 is 14.3. The number of rotatable bonds is 6. The third-order valence-electron chi connectivity index (χ3n) is 3.93. The molecule has 3 rings (SSSR count). The van der Waals surface area contributed by atoms with E-state index in [-0.39, 0.29) is 24.1 Å². The molecule has 8 heteroatoms. The highest BCUT2D eigenvalue weighted by Gasteiger charge is 2.15. The molecule has 2 amide bonds. The van der Waals surface area contributed by atoms with Gasteiger partial charge in [0.15, 0.2) is 0 Å². The summed E-state index contributed by atoms with van der Waals surface area (Å²) in [4.78, 5) is 28.1. The van der Waals surface area contributed by atoms with Crippen LogP contribution >= 0.6 is 0 Å². The first-order valence-corrected chi connectivity index (χ1v) is 8.30. The van der Waals surface area contributed by atoms with Gasteiger partial charge in [0.1, 0.15) is 24.5 Å². The molecule has 0 aliphatic rings. The van der Waals surface area contributed by atoms with Crippen LogP contribution in [0.5, 0.6) is 0 Å². The summed E-state index contributed by atoms with van der Waals surface area (Å²) in [5, 5.41) is 9.48. The predicted octanol–water partition coefficient (Wildman–Crippen LogP) is 2.80. The molecule has 0 saturated carbocycles. The molecule has 3 aromatic rings. The van der Waals surface area contributed by atoms with E-state index in [4.69, 9.17) is 0 Å². The van der Waals surface area contributed by atoms with Gasteiger partial charge in [-0.15, -0.1) is 0 Å². The zero-order valence-electron chi connectivity index (χ0n) is 14.6. The number of halogens is 1. The number of nitrogens with zero attached hydrogens (tertiary/aromatic N) is 3. The van der Waals surface area contributed by atoms with Crippen molar-refractivity contribution in [3.8, 4) is 0 Å². The number of carbonyl (C=O) groups is 2. The summed E-state index contributed by atoms with van der Waals surface area (Å²) in [7, 11) is 0. The van der Waals surface area contributed by atoms with E-state index >= 15 is 0 Å². The SMILES string of the molecule is C[C@H](C(=O)Nc1ccc(NC(=O)Cc2ccc(F)cc2)cc1)n1cncn1. The third kappa shape index (κ3) is 4.97. The molecule has 0 bridgehead atoms. The van der Waals surface area contributed by atoms with Gasteiger partial charge in [0.25, 0.3) is 0 Å². The van der Waals surface area contributed by atoms with Crippen molar-refractivity contribution >= 4 is 23.2 Å². The fourth-order valence-corrected chi connectivity index (χ4v) is 2.41. The van der Waals surface area contributed by atoms with E-state index < -0.39 is 6.04 Å². The predicted molar refractivity (Wildman–Crippen MR) is 98.5 cm³/mol. The Morgan fingerprint density at radius 2 is 1.67 bits per heavy atom. The second-order valence-corrected chi connectivity index (χ2v) is 5.97. The topological polar surface area (TPSA) is 88.9 Å². The molecule has 1 heterocycles. The first-order valence-electron chi connectivity index (χ1n) is 8.30. The number of aromatic nitrogens is 3. The monoisotopic (exact) mass is 367 g/mol. The van der Waals surface area contributed by atoms with Crippen LogP contribution < -0.4 is 10.6 Å². The van der Waals surface area contributed by atoms with Gasteiger partial charge in [-0.1, -0.05) is 12.1 Å². The zero-order valence-corrected chi connectivity index (χ0v) is 14.6. The van der Waals surface area contributed by atoms with E-state index in [0.717, 1.165) is 5.56 Å². The molecule has 1 aromatic heterocycles. The van der Waals surface area contributed by atoms with Crippen molar-refractivity contribution in [3.63, 3.8) is 0 Å². The summed E-state index contributed by atoms with van der Waals surface area (Å²) in [5.41, 5.74) is 1.92. The van der Waals surface area contributed by atoms with E-state index in [1.54, 1.807) is 43.3 Å². The third-order valence-corrected chi connectivity index (χ3v) is 3.93. The van der Waals surface area contributed by atoms with Crippen molar-refractivity contribution in [2.45, 2.75) is 19.4 Å². The first-order chi connectivity index (χ1) is 13.0. The second kappa shape index (κ2) is 8.22. The Balaban J connectivity index is 1.54. The standard InChI is InChI=1S/C19H18FN5O2/c1-13(25-12-21-11-22-25)19(27)24-17-8-6-16(7-9-17)23-18(26)10-14-2-4-15(20)5-3-14/h2-9,11-13H,10H2,1H3,(H,23,26)(H,24,27)/t13-/m1/s1. The van der Waals surface area contributed by atoms with E-state index in [2.05, 4.69) is 20.7 Å². The average molecular weight is 367 g/mol. The van der Waals surface area contributed by atoms with Crippen LogP contribution in [0.1, 0.15) is 18.5 Å². The first kappa shape index (κ1) is 18.2. The number of hydrogen-bond donors (Lipinski definition) is 2. The number of amides is 2. The Morgan fingerprint density at radius 1 is 1.04 bits per heavy atom. The number of nitrogens with one attached hydrogen (secondary N) is 2. The number of carbonyl (C=O) groups excluding carboxylic acids is 2. The van der Waals surface area contributed by atoms with Gasteiger partial charge in [0.2, 0.25) is 11.8 Å². The minimum absolute atomic E-state index is 0.147. The molecule has 2 N–H and O–H groups in total. The van der Waals surface area contributed by atoms with Gasteiger partial charge in [-0.2, -0.15) is 5.10 Å². The van der Waals surface area contributed by atoms with Crippen LogP contribution in [-0.4, -0.2) is 26.6 Å². The maximum atomic E-state index is 12.9. The normalized spacial score (nSPS) is 11.6. The van der Waals surface area contributed by atoms with Crippen LogP contribution in [0.3, 0.4) is 0 Å². The number of benzene rings is 2. The Labute approximate surface area is 155 Å². The lowest BCUT2D eigenvalue weighted by Crippen LogP contribution is -2.24. The largest absolute Gasteiger partial charge is 0.326 e. The molecule has 138 valence electrons. The Bertz CT molecular complexity index is 908. The highest BCUT2D eigenvalue weighted by Crippen LogP contribution is 2.16. The smallest absolute Gasteiger partial charge is 0.249 e. The van der Waals surface area contributed by atoms with Crippen molar-refractivity contribution in [2.24, 2.45) is 0 Å². The molecular formula is C19H18FN5O2. The molecule has 0 spiro atoms. The van der Waals surface area contributed by atoms with Gasteiger partial charge in [-0.3, -0.25) is 9.59 Å². The molecule has 2 aromatic carbocycles. The van der Waals surface area contributed by atoms with Gasteiger partial charge in [-0.05, 0) is 48.9 Å². The molecule has 0 fully saturated rings. The lowest BCUT2D eigenvalue weighted by molar-refractivity contribution is -0.119. The van der Waals surface area contributed by atoms with Crippen molar-refractivity contribution in [3.05, 3.63) is 72.6 Å². The number of anilines is 2. The molecule has 27 heavy (non-hydrogen) atoms. The highest BCUT2D eigenvalue weighted by atomic mass is 19.1. The van der Waals surface area contributed by atoms with Crippen molar-refractivity contribution in [1.82, 2.24) is 14.8 Å². The second-order valence-electron chi connectivity index (χ2n) is 5.97. The van der Waals surface area contributed by atoms with Crippen LogP contribution in [0.2, 0.25) is 0 Å². The van der Waals surface area contributed by atoms with Crippen molar-refractivity contribution < 1.29 is 14.0 Å². The minimum atomic E-state index is -0.498. The van der Waals surface area contributed by atoms with Crippen LogP contribution in [0.15, 0.2) is 61.2 Å². The minimum Gasteiger partial charge on any atom is -0.326 e. The van der Waals surface area contributed by atoms with Crippen LogP contribution in [0, 0.1) is 5.82 Å². The highest BCUT2D eigenvalue weighted by molar-refractivity contribution is 5.95. The molecule has 0 unspecified atom stereocenters. The Morgan fingerprint density at radius 3 is 2.26 bits per heavy atom. The zero-order chi connectivity index (χ0) is 19.2. The summed E-state index contributed by atoms with van der Waals surface area (Å²) >= 11 is 0. The molecule has 1 atom stereocenters. The van der Waals surface area contributed by atoms with Gasteiger partial charge < -0.3 is 10.6 Å². The summed E-state index contributed by atoms with van der Waals surface area (Å²) in [6, 6.07) is 12.1. The van der Waals surface area contributed by atoms with Gasteiger partial charge >= 0.3 is 0 Å². The van der Waals surface area contributed by atoms with Crippen molar-refractivity contribution in [1.29, 1.82) is 0 Å². The van der Waals surface area contributed by atoms with Crippen LogP contribution in [0.25, 0.3) is 0 Å². The van der Waals surface area contributed by atoms with Crippen LogP contribution in [0.4, 0.5) is 15.8 Å². The molecular weight excluding hydrogens is 349 g/mol. The Kier molecular flexibility index (Phi) is 5.55. The quantitative estimate of drug-likeness (QED) is 0.701. The summed E-state index contributed by atoms with van der Waals surface area (Å²) in [6.45, 7) is 1.72. The maximum absolute atomic E-state index is 12.9. The molecule has 0 saturated heterocycles. The molecule has 0 aliphatic carbocycles. The van der Waals surface area contributed by atoms with E-state index in [1.165, 1.54) is 29.5 Å². The van der Waals surface area contributed by atoms with E-state index in [9.17, 15) is 14.0 Å². The van der Waals surface area contributed by atoms with E-state index in [1.807, 2.05) is 0 Å². The fraction of sp³-hybridized carbons (Fsp3) is 0.158. The fourth-order valence-electron chi connectivity index (χ4n) is 2.41. The lowest BCUT2D eigenvalue weighted by atomic mass is 10.1. The Hall–Kier alpha value is -3.55. The van der Waals surface area contributed by atoms with Gasteiger partial charge in [0, 0.05) is 11.4 Å². The van der Waals surface area contributed by atoms with Gasteiger partial charge in [0.05, 0.1) is 6.42 Å². The summed E-state index contributed by atoms with van der Waals surface area (Å²) in [6.07, 6.45) is 2.99. The number of hydrogen-bond acceptors (Lipinski definition) is 4. The maximum Gasteiger partial charge on any atom is 0.249 e. The summed E-state index contributed by atoms with van der Waals surface area (Å²) in [5.74, 6) is -0.776. The molecule has 7 nitrogen and oxygen atoms in total. The average Bonchev–Trinajstić information content (AvgIpc) is 3.19. The van der Waals surface area contributed by atoms with Crippen LogP contribution in [-0.2, 0) is 16.0 Å². The van der Waals surface area contributed by atoms with Gasteiger partial charge in [-0.25, -0.2) is 14.1 Å². The molecule has 0 aliphatic heterocycles. The van der Waals surface area contributed by atoms with E-state index in [0.29, 0.717) is 11.4 Å².